The number of para-hydroxylation sites is 1. The van der Waals surface area contributed by atoms with E-state index in [2.05, 4.69) is 15.4 Å². The van der Waals surface area contributed by atoms with Gasteiger partial charge in [-0.15, -0.1) is 24.9 Å². The molecule has 0 saturated heterocycles. The van der Waals surface area contributed by atoms with Crippen molar-refractivity contribution < 1.29 is 27.5 Å². The molecule has 0 aromatic heterocycles. The van der Waals surface area contributed by atoms with Crippen LogP contribution < -0.4 is 15.4 Å². The molecule has 3 rings (SSSR count). The Morgan fingerprint density at radius 1 is 1.15 bits per heavy atom. The Bertz CT molecular complexity index is 825. The summed E-state index contributed by atoms with van der Waals surface area (Å²) in [6.45, 7) is 0. The number of nitrogens with one attached hydrogen (secondary N) is 2. The molecule has 1 aliphatic rings. The minimum Gasteiger partial charge on any atom is -0.406 e. The topological polar surface area (TPSA) is 67.4 Å². The molecule has 5 nitrogen and oxygen atoms in total. The van der Waals surface area contributed by atoms with Gasteiger partial charge in [0.05, 0.1) is 10.9 Å². The van der Waals surface area contributed by atoms with Crippen molar-refractivity contribution in [2.75, 3.05) is 10.6 Å². The third-order valence-corrected chi connectivity index (χ3v) is 4.72. The Balaban J connectivity index is 1.58. The summed E-state index contributed by atoms with van der Waals surface area (Å²) in [4.78, 5) is 25.1. The number of rotatable bonds is 4. The number of thioether (sulfide) groups is 1. The van der Waals surface area contributed by atoms with Gasteiger partial charge in [-0.1, -0.05) is 12.1 Å². The van der Waals surface area contributed by atoms with Crippen molar-refractivity contribution in [3.63, 3.8) is 0 Å². The minimum absolute atomic E-state index is 0.0639. The van der Waals surface area contributed by atoms with Crippen molar-refractivity contribution in [2.45, 2.75) is 22.9 Å². The van der Waals surface area contributed by atoms with E-state index < -0.39 is 17.5 Å². The standard InChI is InChI=1S/C17H13F3N2O3S/c18-17(19,20)25-11-7-5-10(6-8-11)21-15(23)9-14-16(24)22-12-3-1-2-4-13(12)26-14/h1-8,14H,9H2,(H,21,23)(H,22,24)/t14-/m0/s1. The molecule has 1 atom stereocenters. The maximum absolute atomic E-state index is 12.1. The molecule has 0 aliphatic carbocycles. The highest BCUT2D eigenvalue weighted by molar-refractivity contribution is 8.01. The molecule has 2 aromatic carbocycles. The zero-order chi connectivity index (χ0) is 18.7. The van der Waals surface area contributed by atoms with E-state index in [1.165, 1.54) is 23.9 Å². The maximum atomic E-state index is 12.1. The highest BCUT2D eigenvalue weighted by Gasteiger charge is 2.31. The lowest BCUT2D eigenvalue weighted by atomic mass is 10.2. The third-order valence-electron chi connectivity index (χ3n) is 3.45. The molecule has 2 N–H and O–H groups in total. The predicted octanol–water partition coefficient (Wildman–Crippen LogP) is 4.03. The lowest BCUT2D eigenvalue weighted by molar-refractivity contribution is -0.274. The number of carbonyl (C=O) groups is 2. The predicted molar refractivity (Wildman–Crippen MR) is 91.1 cm³/mol. The van der Waals surface area contributed by atoms with E-state index in [0.717, 1.165) is 17.0 Å². The first-order valence-corrected chi connectivity index (χ1v) is 8.40. The summed E-state index contributed by atoms with van der Waals surface area (Å²) in [7, 11) is 0. The van der Waals surface area contributed by atoms with Crippen molar-refractivity contribution in [3.8, 4) is 5.75 Å². The second-order valence-corrected chi connectivity index (χ2v) is 6.66. The molecule has 0 spiro atoms. The van der Waals surface area contributed by atoms with Gasteiger partial charge in [0, 0.05) is 17.0 Å². The summed E-state index contributed by atoms with van der Waals surface area (Å²) in [6, 6.07) is 12.1. The molecule has 0 saturated carbocycles. The summed E-state index contributed by atoms with van der Waals surface area (Å²) < 4.78 is 40.1. The van der Waals surface area contributed by atoms with Crippen LogP contribution in [0.2, 0.25) is 0 Å². The summed E-state index contributed by atoms with van der Waals surface area (Å²) in [5.74, 6) is -1.06. The van der Waals surface area contributed by atoms with Gasteiger partial charge in [0.15, 0.2) is 0 Å². The van der Waals surface area contributed by atoms with Gasteiger partial charge in [0.1, 0.15) is 5.75 Å². The molecule has 2 amide bonds. The number of anilines is 2. The van der Waals surface area contributed by atoms with Gasteiger partial charge >= 0.3 is 6.36 Å². The number of halogens is 3. The number of fused-ring (bicyclic) bond motifs is 1. The average Bonchev–Trinajstić information content (AvgIpc) is 2.56. The quantitative estimate of drug-likeness (QED) is 0.838. The van der Waals surface area contributed by atoms with Crippen LogP contribution in [0, 0.1) is 0 Å². The molecule has 0 fully saturated rings. The molecule has 0 radical (unpaired) electrons. The lowest BCUT2D eigenvalue weighted by Gasteiger charge is -2.23. The Labute approximate surface area is 150 Å². The first-order valence-electron chi connectivity index (χ1n) is 7.52. The summed E-state index contributed by atoms with van der Waals surface area (Å²) in [5.41, 5.74) is 1.02. The van der Waals surface area contributed by atoms with Crippen molar-refractivity contribution in [2.24, 2.45) is 0 Å². The van der Waals surface area contributed by atoms with Gasteiger partial charge in [-0.2, -0.15) is 0 Å². The van der Waals surface area contributed by atoms with Crippen LogP contribution in [0.25, 0.3) is 0 Å². The van der Waals surface area contributed by atoms with Crippen LogP contribution in [-0.2, 0) is 9.59 Å². The first kappa shape index (κ1) is 18.1. The molecule has 1 aliphatic heterocycles. The molecule has 0 bridgehead atoms. The van der Waals surface area contributed by atoms with Crippen LogP contribution in [0.3, 0.4) is 0 Å². The van der Waals surface area contributed by atoms with E-state index in [4.69, 9.17) is 0 Å². The number of benzene rings is 2. The first-order chi connectivity index (χ1) is 12.3. The van der Waals surface area contributed by atoms with E-state index in [1.54, 1.807) is 12.1 Å². The van der Waals surface area contributed by atoms with E-state index in [9.17, 15) is 22.8 Å². The number of ether oxygens (including phenoxy) is 1. The van der Waals surface area contributed by atoms with Crippen molar-refractivity contribution in [1.29, 1.82) is 0 Å². The fraction of sp³-hybridized carbons (Fsp3) is 0.176. The molecule has 0 unspecified atom stereocenters. The van der Waals surface area contributed by atoms with E-state index in [1.807, 2.05) is 12.1 Å². The van der Waals surface area contributed by atoms with Gasteiger partial charge in [0.25, 0.3) is 0 Å². The molecular formula is C17H13F3N2O3S. The Morgan fingerprint density at radius 3 is 2.54 bits per heavy atom. The number of alkyl halides is 3. The monoisotopic (exact) mass is 382 g/mol. The molecule has 136 valence electrons. The van der Waals surface area contributed by atoms with E-state index in [0.29, 0.717) is 11.4 Å². The molecule has 2 aromatic rings. The fourth-order valence-electron chi connectivity index (χ4n) is 2.35. The van der Waals surface area contributed by atoms with Gasteiger partial charge in [0.2, 0.25) is 11.8 Å². The van der Waals surface area contributed by atoms with Gasteiger partial charge < -0.3 is 15.4 Å². The van der Waals surface area contributed by atoms with Crippen molar-refractivity contribution in [3.05, 3.63) is 48.5 Å². The summed E-state index contributed by atoms with van der Waals surface area (Å²) in [5, 5.41) is 4.71. The highest BCUT2D eigenvalue weighted by Crippen LogP contribution is 2.36. The molecule has 1 heterocycles. The zero-order valence-corrected chi connectivity index (χ0v) is 14.0. The highest BCUT2D eigenvalue weighted by atomic mass is 32.2. The van der Waals surface area contributed by atoms with Crippen LogP contribution in [0.4, 0.5) is 24.5 Å². The zero-order valence-electron chi connectivity index (χ0n) is 13.2. The normalized spacial score (nSPS) is 16.4. The number of hydrogen-bond acceptors (Lipinski definition) is 4. The largest absolute Gasteiger partial charge is 0.573 e. The van der Waals surface area contributed by atoms with Crippen LogP contribution in [0.5, 0.6) is 5.75 Å². The van der Waals surface area contributed by atoms with E-state index in [-0.39, 0.29) is 18.1 Å². The van der Waals surface area contributed by atoms with Crippen LogP contribution in [0.1, 0.15) is 6.42 Å². The number of hydrogen-bond donors (Lipinski definition) is 2. The molecule has 26 heavy (non-hydrogen) atoms. The minimum atomic E-state index is -4.77. The maximum Gasteiger partial charge on any atom is 0.573 e. The number of carbonyl (C=O) groups excluding carboxylic acids is 2. The van der Waals surface area contributed by atoms with Gasteiger partial charge in [-0.3, -0.25) is 9.59 Å². The average molecular weight is 382 g/mol. The second-order valence-electron chi connectivity index (χ2n) is 5.42. The van der Waals surface area contributed by atoms with Crippen molar-refractivity contribution in [1.82, 2.24) is 0 Å². The fourth-order valence-corrected chi connectivity index (χ4v) is 3.46. The van der Waals surface area contributed by atoms with Crippen LogP contribution >= 0.6 is 11.8 Å². The SMILES string of the molecule is O=C(C[C@@H]1Sc2ccccc2NC1=O)Nc1ccc(OC(F)(F)F)cc1. The second kappa shape index (κ2) is 7.28. The van der Waals surface area contributed by atoms with Crippen molar-refractivity contribution >= 4 is 35.0 Å². The van der Waals surface area contributed by atoms with Crippen LogP contribution in [0.15, 0.2) is 53.4 Å². The smallest absolute Gasteiger partial charge is 0.406 e. The van der Waals surface area contributed by atoms with E-state index >= 15 is 0 Å². The Morgan fingerprint density at radius 2 is 1.85 bits per heavy atom. The van der Waals surface area contributed by atoms with Gasteiger partial charge in [-0.25, -0.2) is 0 Å². The van der Waals surface area contributed by atoms with Gasteiger partial charge in [-0.05, 0) is 36.4 Å². The summed E-state index contributed by atoms with van der Waals surface area (Å²) >= 11 is 1.29. The Kier molecular flexibility index (Phi) is 5.08. The summed E-state index contributed by atoms with van der Waals surface area (Å²) in [6.07, 6.45) is -4.84. The molecule has 9 heteroatoms. The number of amides is 2. The third kappa shape index (κ3) is 4.69. The molecular weight excluding hydrogens is 369 g/mol. The lowest BCUT2D eigenvalue weighted by Crippen LogP contribution is -2.32. The van der Waals surface area contributed by atoms with Crippen LogP contribution in [-0.4, -0.2) is 23.4 Å². The Hall–Kier alpha value is -2.68.